The monoisotopic (exact) mass is 341 g/mol. The fourth-order valence-electron chi connectivity index (χ4n) is 2.62. The number of non-ortho nitro benzene ring substituents is 1. The summed E-state index contributed by atoms with van der Waals surface area (Å²) in [4.78, 5) is 12.7. The van der Waals surface area contributed by atoms with Crippen LogP contribution >= 0.6 is 15.9 Å². The number of halogens is 1. The first-order valence-corrected chi connectivity index (χ1v) is 7.83. The number of nitro groups is 1. The van der Waals surface area contributed by atoms with Gasteiger partial charge in [-0.1, -0.05) is 6.92 Å². The van der Waals surface area contributed by atoms with Crippen LogP contribution in [0.1, 0.15) is 26.2 Å². The molecule has 1 heterocycles. The highest BCUT2D eigenvalue weighted by Crippen LogP contribution is 2.30. The van der Waals surface area contributed by atoms with Gasteiger partial charge in [-0.2, -0.15) is 0 Å². The number of benzene rings is 1. The summed E-state index contributed by atoms with van der Waals surface area (Å²) in [6, 6.07) is 5.52. The van der Waals surface area contributed by atoms with Crippen molar-refractivity contribution in [2.24, 2.45) is 0 Å². The topological polar surface area (TPSA) is 58.4 Å². The molecule has 0 aromatic heterocycles. The average Bonchev–Trinajstić information content (AvgIpc) is 2.91. The molecule has 5 nitrogen and oxygen atoms in total. The molecule has 0 amide bonds. The van der Waals surface area contributed by atoms with E-state index in [1.165, 1.54) is 12.8 Å². The predicted molar refractivity (Wildman–Crippen MR) is 84.3 cm³/mol. The van der Waals surface area contributed by atoms with Gasteiger partial charge in [0.15, 0.2) is 0 Å². The van der Waals surface area contributed by atoms with E-state index >= 15 is 0 Å². The van der Waals surface area contributed by atoms with Crippen LogP contribution in [-0.2, 0) is 0 Å². The van der Waals surface area contributed by atoms with E-state index in [2.05, 4.69) is 33.1 Å². The molecular formula is C14H20BrN3O2. The molecule has 0 saturated carbocycles. The van der Waals surface area contributed by atoms with Crippen LogP contribution in [0, 0.1) is 10.1 Å². The van der Waals surface area contributed by atoms with Crippen molar-refractivity contribution in [3.63, 3.8) is 0 Å². The summed E-state index contributed by atoms with van der Waals surface area (Å²) in [5.41, 5.74) is 1.15. The number of anilines is 1. The number of hydrogen-bond acceptors (Lipinski definition) is 4. The molecule has 1 aromatic rings. The molecule has 2 rings (SSSR count). The van der Waals surface area contributed by atoms with Crippen LogP contribution in [0.4, 0.5) is 11.4 Å². The van der Waals surface area contributed by atoms with Gasteiger partial charge in [-0.3, -0.25) is 10.1 Å². The number of nitrogens with one attached hydrogen (secondary N) is 1. The van der Waals surface area contributed by atoms with Gasteiger partial charge in [0.1, 0.15) is 0 Å². The molecule has 6 heteroatoms. The van der Waals surface area contributed by atoms with E-state index < -0.39 is 0 Å². The summed E-state index contributed by atoms with van der Waals surface area (Å²) in [7, 11) is 0. The lowest BCUT2D eigenvalue weighted by molar-refractivity contribution is -0.384. The van der Waals surface area contributed by atoms with E-state index in [4.69, 9.17) is 0 Å². The molecule has 1 aliphatic heterocycles. The maximum atomic E-state index is 10.8. The van der Waals surface area contributed by atoms with Crippen LogP contribution in [0.2, 0.25) is 0 Å². The first-order chi connectivity index (χ1) is 9.61. The third-order valence-corrected chi connectivity index (χ3v) is 4.21. The molecule has 1 N–H and O–H groups in total. The largest absolute Gasteiger partial charge is 0.369 e. The van der Waals surface area contributed by atoms with E-state index in [-0.39, 0.29) is 10.6 Å². The van der Waals surface area contributed by atoms with Crippen molar-refractivity contribution in [3.05, 3.63) is 32.8 Å². The SMILES string of the molecule is CCCN(CC1CCCN1)c1ccc([N+](=O)[O-])cc1Br. The van der Waals surface area contributed by atoms with Gasteiger partial charge in [-0.15, -0.1) is 0 Å². The van der Waals surface area contributed by atoms with Gasteiger partial charge in [-0.25, -0.2) is 0 Å². The lowest BCUT2D eigenvalue weighted by atomic mass is 10.2. The summed E-state index contributed by atoms with van der Waals surface area (Å²) in [6.07, 6.45) is 3.48. The summed E-state index contributed by atoms with van der Waals surface area (Å²) in [6.45, 7) is 5.14. The number of nitro benzene ring substituents is 1. The number of rotatable bonds is 6. The number of nitrogens with zero attached hydrogens (tertiary/aromatic N) is 2. The molecule has 0 radical (unpaired) electrons. The van der Waals surface area contributed by atoms with Crippen LogP contribution in [0.5, 0.6) is 0 Å². The molecule has 0 bridgehead atoms. The van der Waals surface area contributed by atoms with Crippen molar-refractivity contribution < 1.29 is 4.92 Å². The average molecular weight is 342 g/mol. The molecule has 0 spiro atoms. The second-order valence-electron chi connectivity index (χ2n) is 5.13. The van der Waals surface area contributed by atoms with Crippen molar-refractivity contribution >= 4 is 27.3 Å². The van der Waals surface area contributed by atoms with E-state index in [0.29, 0.717) is 6.04 Å². The Bertz CT molecular complexity index is 475. The molecular weight excluding hydrogens is 322 g/mol. The Morgan fingerprint density at radius 3 is 2.90 bits per heavy atom. The van der Waals surface area contributed by atoms with Crippen LogP contribution in [0.25, 0.3) is 0 Å². The van der Waals surface area contributed by atoms with Gasteiger partial charge in [0, 0.05) is 35.7 Å². The standard InChI is InChI=1S/C14H20BrN3O2/c1-2-8-17(10-11-4-3-7-16-11)14-6-5-12(18(19)20)9-13(14)15/h5-6,9,11,16H,2-4,7-8,10H2,1H3. The Morgan fingerprint density at radius 1 is 1.55 bits per heavy atom. The Balaban J connectivity index is 2.17. The fraction of sp³-hybridized carbons (Fsp3) is 0.571. The van der Waals surface area contributed by atoms with E-state index in [0.717, 1.165) is 36.2 Å². The van der Waals surface area contributed by atoms with E-state index in [1.807, 2.05) is 6.07 Å². The van der Waals surface area contributed by atoms with Crippen molar-refractivity contribution in [1.29, 1.82) is 0 Å². The quantitative estimate of drug-likeness (QED) is 0.636. The second-order valence-corrected chi connectivity index (χ2v) is 5.99. The first kappa shape index (κ1) is 15.3. The molecule has 1 unspecified atom stereocenters. The molecule has 110 valence electrons. The molecule has 20 heavy (non-hydrogen) atoms. The maximum absolute atomic E-state index is 10.8. The highest BCUT2D eigenvalue weighted by molar-refractivity contribution is 9.10. The summed E-state index contributed by atoms with van der Waals surface area (Å²) < 4.78 is 0.790. The molecule has 1 fully saturated rings. The minimum absolute atomic E-state index is 0.121. The van der Waals surface area contributed by atoms with Gasteiger partial charge >= 0.3 is 0 Å². The third-order valence-electron chi connectivity index (χ3n) is 3.58. The molecule has 1 aliphatic rings. The van der Waals surface area contributed by atoms with Crippen LogP contribution in [-0.4, -0.2) is 30.6 Å². The molecule has 0 aliphatic carbocycles. The summed E-state index contributed by atoms with van der Waals surface area (Å²) >= 11 is 3.47. The smallest absolute Gasteiger partial charge is 0.270 e. The Labute approximate surface area is 127 Å². The van der Waals surface area contributed by atoms with Gasteiger partial charge in [-0.05, 0) is 47.8 Å². The van der Waals surface area contributed by atoms with Gasteiger partial charge in [0.25, 0.3) is 5.69 Å². The van der Waals surface area contributed by atoms with Crippen molar-refractivity contribution in [3.8, 4) is 0 Å². The Hall–Kier alpha value is -1.14. The second kappa shape index (κ2) is 7.04. The van der Waals surface area contributed by atoms with E-state index in [1.54, 1.807) is 12.1 Å². The zero-order chi connectivity index (χ0) is 14.5. The van der Waals surface area contributed by atoms with Crippen molar-refractivity contribution in [2.75, 3.05) is 24.5 Å². The predicted octanol–water partition coefficient (Wildman–Crippen LogP) is 3.33. The maximum Gasteiger partial charge on any atom is 0.270 e. The highest BCUT2D eigenvalue weighted by atomic mass is 79.9. The Morgan fingerprint density at radius 2 is 2.35 bits per heavy atom. The third kappa shape index (κ3) is 3.70. The molecule has 1 aromatic carbocycles. The van der Waals surface area contributed by atoms with E-state index in [9.17, 15) is 10.1 Å². The first-order valence-electron chi connectivity index (χ1n) is 7.04. The number of hydrogen-bond donors (Lipinski definition) is 1. The van der Waals surface area contributed by atoms with Gasteiger partial charge in [0.2, 0.25) is 0 Å². The summed E-state index contributed by atoms with van der Waals surface area (Å²) in [5, 5.41) is 14.3. The fourth-order valence-corrected chi connectivity index (χ4v) is 3.24. The van der Waals surface area contributed by atoms with Crippen LogP contribution in [0.3, 0.4) is 0 Å². The highest BCUT2D eigenvalue weighted by Gasteiger charge is 2.20. The lowest BCUT2D eigenvalue weighted by Gasteiger charge is -2.28. The van der Waals surface area contributed by atoms with Gasteiger partial charge < -0.3 is 10.2 Å². The summed E-state index contributed by atoms with van der Waals surface area (Å²) in [5.74, 6) is 0. The zero-order valence-electron chi connectivity index (χ0n) is 11.6. The normalized spacial score (nSPS) is 18.2. The lowest BCUT2D eigenvalue weighted by Crippen LogP contribution is -2.38. The molecule has 1 saturated heterocycles. The zero-order valence-corrected chi connectivity index (χ0v) is 13.2. The van der Waals surface area contributed by atoms with Crippen molar-refractivity contribution in [2.45, 2.75) is 32.2 Å². The minimum atomic E-state index is -0.364. The minimum Gasteiger partial charge on any atom is -0.369 e. The van der Waals surface area contributed by atoms with Crippen LogP contribution < -0.4 is 10.2 Å². The Kier molecular flexibility index (Phi) is 5.37. The van der Waals surface area contributed by atoms with Crippen LogP contribution in [0.15, 0.2) is 22.7 Å². The van der Waals surface area contributed by atoms with Gasteiger partial charge in [0.05, 0.1) is 10.6 Å². The van der Waals surface area contributed by atoms with Crippen molar-refractivity contribution in [1.82, 2.24) is 5.32 Å². The molecule has 1 atom stereocenters.